The zero-order valence-electron chi connectivity index (χ0n) is 21.2. The van der Waals surface area contributed by atoms with Gasteiger partial charge in [0, 0.05) is 23.4 Å². The number of nitrogens with zero attached hydrogens (tertiary/aromatic N) is 2. The van der Waals surface area contributed by atoms with E-state index in [0.717, 1.165) is 36.1 Å². The average molecular weight is 499 g/mol. The maximum absolute atomic E-state index is 13.2. The fourth-order valence-corrected chi connectivity index (χ4v) is 5.17. The fraction of sp³-hybridized carbons (Fsp3) is 0.310. The number of carbonyl (C=O) groups is 3. The minimum atomic E-state index is -0.639. The number of anilines is 2. The summed E-state index contributed by atoms with van der Waals surface area (Å²) in [5.74, 6) is -0.685. The molecule has 0 fully saturated rings. The van der Waals surface area contributed by atoms with Crippen LogP contribution in [0.2, 0.25) is 0 Å². The topological polar surface area (TPSA) is 101 Å². The summed E-state index contributed by atoms with van der Waals surface area (Å²) < 4.78 is 4.94. The number of esters is 1. The first-order chi connectivity index (χ1) is 17.8. The molecule has 190 valence electrons. The maximum Gasteiger partial charge on any atom is 0.328 e. The number of urea groups is 1. The zero-order valence-corrected chi connectivity index (χ0v) is 21.2. The lowest BCUT2D eigenvalue weighted by molar-refractivity contribution is -0.147. The van der Waals surface area contributed by atoms with E-state index in [2.05, 4.69) is 21.7 Å². The second kappa shape index (κ2) is 10.0. The number of amides is 3. The molecule has 1 aliphatic heterocycles. The highest BCUT2D eigenvalue weighted by atomic mass is 16.5. The Morgan fingerprint density at radius 2 is 1.68 bits per heavy atom. The smallest absolute Gasteiger partial charge is 0.328 e. The van der Waals surface area contributed by atoms with Gasteiger partial charge in [0.1, 0.15) is 6.04 Å². The van der Waals surface area contributed by atoms with E-state index < -0.39 is 12.0 Å². The van der Waals surface area contributed by atoms with Crippen molar-refractivity contribution >= 4 is 29.3 Å². The lowest BCUT2D eigenvalue weighted by atomic mass is 10.0. The van der Waals surface area contributed by atoms with Crippen LogP contribution in [0.4, 0.5) is 16.2 Å². The molecule has 1 aromatic heterocycles. The Hall–Kier alpha value is -4.20. The number of nitrogens with one attached hydrogen (secondary N) is 2. The van der Waals surface area contributed by atoms with E-state index in [-0.39, 0.29) is 17.9 Å². The normalized spacial score (nSPS) is 14.8. The summed E-state index contributed by atoms with van der Waals surface area (Å²) in [5.41, 5.74) is 6.86. The van der Waals surface area contributed by atoms with Gasteiger partial charge in [0.2, 0.25) is 0 Å². The molecule has 2 heterocycles. The van der Waals surface area contributed by atoms with Gasteiger partial charge >= 0.3 is 12.0 Å². The predicted octanol–water partition coefficient (Wildman–Crippen LogP) is 5.03. The van der Waals surface area contributed by atoms with E-state index in [1.54, 1.807) is 23.2 Å². The molecule has 0 saturated carbocycles. The van der Waals surface area contributed by atoms with E-state index in [0.29, 0.717) is 23.5 Å². The van der Waals surface area contributed by atoms with Crippen molar-refractivity contribution in [2.45, 2.75) is 45.7 Å². The van der Waals surface area contributed by atoms with Crippen LogP contribution in [0.5, 0.6) is 0 Å². The van der Waals surface area contributed by atoms with Gasteiger partial charge in [-0.2, -0.15) is 0 Å². The molecule has 8 nitrogen and oxygen atoms in total. The van der Waals surface area contributed by atoms with Crippen LogP contribution in [-0.2, 0) is 28.9 Å². The number of fused-ring (bicyclic) bond motifs is 2. The highest BCUT2D eigenvalue weighted by molar-refractivity contribution is 6.02. The number of pyridine rings is 1. The van der Waals surface area contributed by atoms with Crippen molar-refractivity contribution in [1.82, 2.24) is 9.88 Å². The Kier molecular flexibility index (Phi) is 6.65. The van der Waals surface area contributed by atoms with Crippen LogP contribution in [0.25, 0.3) is 11.3 Å². The molecule has 37 heavy (non-hydrogen) atoms. The van der Waals surface area contributed by atoms with Crippen molar-refractivity contribution in [3.05, 3.63) is 77.0 Å². The van der Waals surface area contributed by atoms with Crippen LogP contribution in [0, 0.1) is 5.92 Å². The van der Waals surface area contributed by atoms with E-state index >= 15 is 0 Å². The molecule has 0 spiro atoms. The molecule has 2 aliphatic rings. The molecular weight excluding hydrogens is 468 g/mol. The highest BCUT2D eigenvalue weighted by Gasteiger charge is 2.38. The molecule has 0 unspecified atom stereocenters. The van der Waals surface area contributed by atoms with Crippen molar-refractivity contribution in [3.8, 4) is 11.3 Å². The molecule has 2 N–H and O–H groups in total. The van der Waals surface area contributed by atoms with E-state index in [1.807, 2.05) is 44.2 Å². The summed E-state index contributed by atoms with van der Waals surface area (Å²) >= 11 is 0. The molecule has 0 bridgehead atoms. The third-order valence-electron chi connectivity index (χ3n) is 7.03. The van der Waals surface area contributed by atoms with E-state index in [4.69, 9.17) is 4.74 Å². The van der Waals surface area contributed by atoms with Gasteiger partial charge in [-0.3, -0.25) is 9.78 Å². The summed E-state index contributed by atoms with van der Waals surface area (Å²) in [4.78, 5) is 44.0. The first-order valence-electron chi connectivity index (χ1n) is 12.5. The van der Waals surface area contributed by atoms with Crippen molar-refractivity contribution < 1.29 is 19.1 Å². The quantitative estimate of drug-likeness (QED) is 0.464. The van der Waals surface area contributed by atoms with Gasteiger partial charge in [-0.15, -0.1) is 0 Å². The maximum atomic E-state index is 13.2. The zero-order chi connectivity index (χ0) is 26.1. The number of aromatic nitrogens is 1. The number of aryl methyl sites for hydroxylation is 2. The number of hydrogen-bond donors (Lipinski definition) is 2. The number of ether oxygens (including phenoxy) is 1. The molecule has 1 aliphatic carbocycles. The Morgan fingerprint density at radius 1 is 0.946 bits per heavy atom. The molecule has 2 aromatic carbocycles. The van der Waals surface area contributed by atoms with Gasteiger partial charge in [0.15, 0.2) is 0 Å². The number of hydrogen-bond acceptors (Lipinski definition) is 5. The van der Waals surface area contributed by atoms with E-state index in [1.165, 1.54) is 18.2 Å². The van der Waals surface area contributed by atoms with Crippen LogP contribution in [0.3, 0.4) is 0 Å². The van der Waals surface area contributed by atoms with Crippen LogP contribution < -0.4 is 10.6 Å². The summed E-state index contributed by atoms with van der Waals surface area (Å²) in [7, 11) is 1.34. The number of methoxy groups -OCH3 is 1. The first-order valence-corrected chi connectivity index (χ1v) is 12.5. The Labute approximate surface area is 216 Å². The fourth-order valence-electron chi connectivity index (χ4n) is 5.17. The third-order valence-corrected chi connectivity index (χ3v) is 7.03. The monoisotopic (exact) mass is 498 g/mol. The highest BCUT2D eigenvalue weighted by Crippen LogP contribution is 2.31. The largest absolute Gasteiger partial charge is 0.467 e. The number of benzene rings is 2. The predicted molar refractivity (Wildman–Crippen MR) is 141 cm³/mol. The Bertz CT molecular complexity index is 1370. The Balaban J connectivity index is 1.26. The van der Waals surface area contributed by atoms with Crippen molar-refractivity contribution in [3.63, 3.8) is 0 Å². The van der Waals surface area contributed by atoms with Crippen LogP contribution >= 0.6 is 0 Å². The van der Waals surface area contributed by atoms with Gasteiger partial charge in [-0.25, -0.2) is 9.59 Å². The summed E-state index contributed by atoms with van der Waals surface area (Å²) in [5, 5.41) is 5.69. The summed E-state index contributed by atoms with van der Waals surface area (Å²) in [6.45, 7) is 4.16. The molecule has 8 heteroatoms. The molecule has 1 atom stereocenters. The lowest BCUT2D eigenvalue weighted by Crippen LogP contribution is -2.45. The standard InChI is InChI=1S/C29H30N4O4/c1-17(2)26(28(35)37-3)33-16-21-8-7-20(14-24(21)27(33)34)25-12-11-23(15-30-25)32-29(36)31-22-10-9-18-5-4-6-19(18)13-22/h7-15,17,26H,4-6,16H2,1-3H3,(H2,31,32,36)/t26-/m0/s1. The van der Waals surface area contributed by atoms with Gasteiger partial charge in [-0.1, -0.05) is 32.0 Å². The summed E-state index contributed by atoms with van der Waals surface area (Å²) in [6.07, 6.45) is 4.90. The van der Waals surface area contributed by atoms with Crippen molar-refractivity contribution in [1.29, 1.82) is 0 Å². The molecule has 5 rings (SSSR count). The van der Waals surface area contributed by atoms with Gasteiger partial charge in [-0.05, 0) is 72.2 Å². The first kappa shape index (κ1) is 24.5. The van der Waals surface area contributed by atoms with Crippen LogP contribution in [-0.4, -0.2) is 40.9 Å². The molecule has 3 amide bonds. The lowest BCUT2D eigenvalue weighted by Gasteiger charge is -2.28. The van der Waals surface area contributed by atoms with Crippen molar-refractivity contribution in [2.24, 2.45) is 5.92 Å². The Morgan fingerprint density at radius 3 is 2.41 bits per heavy atom. The average Bonchev–Trinajstić information content (AvgIpc) is 3.48. The summed E-state index contributed by atoms with van der Waals surface area (Å²) in [6, 6.07) is 14.3. The van der Waals surface area contributed by atoms with Crippen LogP contribution in [0.15, 0.2) is 54.7 Å². The van der Waals surface area contributed by atoms with E-state index in [9.17, 15) is 14.4 Å². The van der Waals surface area contributed by atoms with Gasteiger partial charge in [0.05, 0.1) is 24.7 Å². The number of carbonyl (C=O) groups excluding carboxylic acids is 3. The molecule has 0 saturated heterocycles. The minimum absolute atomic E-state index is 0.0770. The second-order valence-electron chi connectivity index (χ2n) is 9.87. The molecular formula is C29H30N4O4. The van der Waals surface area contributed by atoms with Crippen molar-refractivity contribution in [2.75, 3.05) is 17.7 Å². The second-order valence-corrected chi connectivity index (χ2v) is 9.87. The molecule has 3 aromatic rings. The van der Waals surface area contributed by atoms with Gasteiger partial charge < -0.3 is 20.3 Å². The SMILES string of the molecule is COC(=O)[C@H](C(C)C)N1Cc2ccc(-c3ccc(NC(=O)Nc4ccc5c(c4)CCC5)cn3)cc2C1=O. The third kappa shape index (κ3) is 4.91. The van der Waals surface area contributed by atoms with Gasteiger partial charge in [0.25, 0.3) is 5.91 Å². The van der Waals surface area contributed by atoms with Crippen LogP contribution in [0.1, 0.15) is 47.3 Å². The minimum Gasteiger partial charge on any atom is -0.467 e. The number of rotatable bonds is 6. The molecule has 0 radical (unpaired) electrons.